The smallest absolute Gasteiger partial charge is 0.255 e. The Hall–Kier alpha value is -0.940. The summed E-state index contributed by atoms with van der Waals surface area (Å²) in [7, 11) is 0. The van der Waals surface area contributed by atoms with Gasteiger partial charge in [0, 0.05) is 36.6 Å². The summed E-state index contributed by atoms with van der Waals surface area (Å²) in [5.41, 5.74) is 0.628. The van der Waals surface area contributed by atoms with Crippen molar-refractivity contribution >= 4 is 21.8 Å². The molecule has 1 amide bonds. The second-order valence-electron chi connectivity index (χ2n) is 5.13. The van der Waals surface area contributed by atoms with Crippen LogP contribution in [0.15, 0.2) is 22.9 Å². The van der Waals surface area contributed by atoms with Crippen LogP contribution in [0.1, 0.15) is 43.0 Å². The van der Waals surface area contributed by atoms with Crippen LogP contribution < -0.4 is 0 Å². The highest BCUT2D eigenvalue weighted by Gasteiger charge is 2.22. The summed E-state index contributed by atoms with van der Waals surface area (Å²) in [5, 5.41) is 0. The molecule has 0 radical (unpaired) electrons. The number of ether oxygens (including phenoxy) is 1. The first-order valence-electron chi connectivity index (χ1n) is 7.22. The van der Waals surface area contributed by atoms with Crippen LogP contribution in [0.25, 0.3) is 0 Å². The number of rotatable bonds is 5. The molecule has 0 aromatic carbocycles. The normalized spacial score (nSPS) is 18.8. The van der Waals surface area contributed by atoms with Gasteiger partial charge in [-0.05, 0) is 47.7 Å². The Balaban J connectivity index is 2.04. The van der Waals surface area contributed by atoms with E-state index in [1.807, 2.05) is 11.0 Å². The molecule has 20 heavy (non-hydrogen) atoms. The van der Waals surface area contributed by atoms with Gasteiger partial charge in [0.25, 0.3) is 5.91 Å². The zero-order valence-corrected chi connectivity index (χ0v) is 13.4. The number of amides is 1. The summed E-state index contributed by atoms with van der Waals surface area (Å²) in [5.74, 6) is 0.0369. The molecule has 0 bridgehead atoms. The fraction of sp³-hybridized carbons (Fsp3) is 0.600. The van der Waals surface area contributed by atoms with E-state index in [9.17, 15) is 4.79 Å². The van der Waals surface area contributed by atoms with E-state index >= 15 is 0 Å². The van der Waals surface area contributed by atoms with E-state index in [1.165, 1.54) is 6.42 Å². The lowest BCUT2D eigenvalue weighted by Gasteiger charge is -2.29. The van der Waals surface area contributed by atoms with Gasteiger partial charge >= 0.3 is 0 Å². The van der Waals surface area contributed by atoms with Crippen LogP contribution in [0.5, 0.6) is 0 Å². The Morgan fingerprint density at radius 1 is 1.50 bits per heavy atom. The quantitative estimate of drug-likeness (QED) is 0.826. The van der Waals surface area contributed by atoms with Crippen LogP contribution in [0.3, 0.4) is 0 Å². The van der Waals surface area contributed by atoms with Crippen LogP contribution in [0, 0.1) is 0 Å². The molecule has 0 N–H and O–H groups in total. The van der Waals surface area contributed by atoms with E-state index in [4.69, 9.17) is 4.74 Å². The van der Waals surface area contributed by atoms with Crippen molar-refractivity contribution in [3.8, 4) is 0 Å². The van der Waals surface area contributed by atoms with Crippen molar-refractivity contribution in [3.63, 3.8) is 0 Å². The predicted molar refractivity (Wildman–Crippen MR) is 81.7 cm³/mol. The molecule has 2 heterocycles. The van der Waals surface area contributed by atoms with Gasteiger partial charge in [-0.2, -0.15) is 0 Å². The minimum Gasteiger partial charge on any atom is -0.376 e. The number of pyridine rings is 1. The van der Waals surface area contributed by atoms with Crippen LogP contribution in [-0.2, 0) is 4.74 Å². The van der Waals surface area contributed by atoms with Gasteiger partial charge in [0.1, 0.15) is 0 Å². The molecule has 1 aromatic rings. The first-order valence-corrected chi connectivity index (χ1v) is 8.01. The third-order valence-corrected chi connectivity index (χ3v) is 3.86. The van der Waals surface area contributed by atoms with Crippen molar-refractivity contribution in [2.75, 3.05) is 19.7 Å². The van der Waals surface area contributed by atoms with E-state index in [-0.39, 0.29) is 12.0 Å². The van der Waals surface area contributed by atoms with E-state index in [0.29, 0.717) is 12.1 Å². The number of hydrogen-bond donors (Lipinski definition) is 0. The van der Waals surface area contributed by atoms with Gasteiger partial charge in [-0.15, -0.1) is 0 Å². The lowest BCUT2D eigenvalue weighted by atomic mass is 10.1. The van der Waals surface area contributed by atoms with Gasteiger partial charge in [0.15, 0.2) is 0 Å². The van der Waals surface area contributed by atoms with Gasteiger partial charge in [-0.25, -0.2) is 0 Å². The standard InChI is InChI=1S/C15H21BrN2O2/c1-2-6-18(11-14-5-3-4-7-20-14)15(19)12-8-13(16)10-17-9-12/h8-10,14H,2-7,11H2,1H3/t14-/m1/s1. The minimum absolute atomic E-state index is 0.0369. The van der Waals surface area contributed by atoms with Gasteiger partial charge in [0.2, 0.25) is 0 Å². The molecule has 0 aliphatic carbocycles. The largest absolute Gasteiger partial charge is 0.376 e. The molecule has 0 saturated carbocycles. The molecule has 110 valence electrons. The van der Waals surface area contributed by atoms with Crippen molar-refractivity contribution in [2.24, 2.45) is 0 Å². The number of halogens is 1. The second kappa shape index (κ2) is 7.74. The molecule has 1 atom stereocenters. The highest BCUT2D eigenvalue weighted by atomic mass is 79.9. The second-order valence-corrected chi connectivity index (χ2v) is 6.05. The summed E-state index contributed by atoms with van der Waals surface area (Å²) < 4.78 is 6.57. The zero-order chi connectivity index (χ0) is 14.4. The van der Waals surface area contributed by atoms with Crippen molar-refractivity contribution < 1.29 is 9.53 Å². The fourth-order valence-electron chi connectivity index (χ4n) is 2.45. The van der Waals surface area contributed by atoms with E-state index in [0.717, 1.165) is 36.9 Å². The maximum Gasteiger partial charge on any atom is 0.255 e. The zero-order valence-electron chi connectivity index (χ0n) is 11.8. The van der Waals surface area contributed by atoms with E-state index in [2.05, 4.69) is 27.8 Å². The van der Waals surface area contributed by atoms with Gasteiger partial charge in [0.05, 0.1) is 11.7 Å². The molecular weight excluding hydrogens is 320 g/mol. The molecular formula is C15H21BrN2O2. The number of aromatic nitrogens is 1. The highest BCUT2D eigenvalue weighted by Crippen LogP contribution is 2.17. The average molecular weight is 341 g/mol. The van der Waals surface area contributed by atoms with Crippen molar-refractivity contribution in [2.45, 2.75) is 38.7 Å². The monoisotopic (exact) mass is 340 g/mol. The molecule has 0 unspecified atom stereocenters. The van der Waals surface area contributed by atoms with Crippen molar-refractivity contribution in [1.29, 1.82) is 0 Å². The van der Waals surface area contributed by atoms with Crippen LogP contribution in [-0.4, -0.2) is 41.6 Å². The Kier molecular flexibility index (Phi) is 5.98. The van der Waals surface area contributed by atoms with Gasteiger partial charge in [-0.3, -0.25) is 9.78 Å². The molecule has 2 rings (SSSR count). The molecule has 0 spiro atoms. The summed E-state index contributed by atoms with van der Waals surface area (Å²) in [6.45, 7) is 4.34. The molecule has 1 aliphatic heterocycles. The van der Waals surface area contributed by atoms with Gasteiger partial charge in [-0.1, -0.05) is 6.92 Å². The van der Waals surface area contributed by atoms with Crippen LogP contribution >= 0.6 is 15.9 Å². The number of carbonyl (C=O) groups is 1. The Morgan fingerprint density at radius 2 is 2.35 bits per heavy atom. The third kappa shape index (κ3) is 4.28. The topological polar surface area (TPSA) is 42.4 Å². The lowest BCUT2D eigenvalue weighted by Crippen LogP contribution is -2.40. The summed E-state index contributed by atoms with van der Waals surface area (Å²) in [4.78, 5) is 18.5. The molecule has 1 saturated heterocycles. The molecule has 1 aromatic heterocycles. The van der Waals surface area contributed by atoms with E-state index in [1.54, 1.807) is 12.4 Å². The number of hydrogen-bond acceptors (Lipinski definition) is 3. The Morgan fingerprint density at radius 3 is 3.00 bits per heavy atom. The molecule has 1 aliphatic rings. The number of nitrogens with zero attached hydrogens (tertiary/aromatic N) is 2. The summed E-state index contributed by atoms with van der Waals surface area (Å²) in [6.07, 6.45) is 7.80. The van der Waals surface area contributed by atoms with E-state index < -0.39 is 0 Å². The Labute approximate surface area is 128 Å². The fourth-order valence-corrected chi connectivity index (χ4v) is 2.82. The average Bonchev–Trinajstić information content (AvgIpc) is 2.47. The minimum atomic E-state index is 0.0369. The lowest BCUT2D eigenvalue weighted by molar-refractivity contribution is -0.00384. The van der Waals surface area contributed by atoms with Crippen molar-refractivity contribution in [3.05, 3.63) is 28.5 Å². The third-order valence-electron chi connectivity index (χ3n) is 3.43. The highest BCUT2D eigenvalue weighted by molar-refractivity contribution is 9.10. The summed E-state index contributed by atoms with van der Waals surface area (Å²) in [6, 6.07) is 1.82. The maximum atomic E-state index is 12.6. The molecule has 4 nitrogen and oxygen atoms in total. The van der Waals surface area contributed by atoms with Gasteiger partial charge < -0.3 is 9.64 Å². The Bertz CT molecular complexity index is 447. The number of carbonyl (C=O) groups excluding carboxylic acids is 1. The van der Waals surface area contributed by atoms with Crippen LogP contribution in [0.4, 0.5) is 0 Å². The first kappa shape index (κ1) is 15.4. The SMILES string of the molecule is CCCN(C[C@H]1CCCCO1)C(=O)c1cncc(Br)c1. The molecule has 5 heteroatoms. The maximum absolute atomic E-state index is 12.6. The predicted octanol–water partition coefficient (Wildman–Crippen LogP) is 3.27. The van der Waals surface area contributed by atoms with Crippen LogP contribution in [0.2, 0.25) is 0 Å². The first-order chi connectivity index (χ1) is 9.70. The summed E-state index contributed by atoms with van der Waals surface area (Å²) >= 11 is 3.36. The van der Waals surface area contributed by atoms with Crippen molar-refractivity contribution in [1.82, 2.24) is 9.88 Å². The molecule has 1 fully saturated rings.